The van der Waals surface area contributed by atoms with E-state index in [1.165, 1.54) is 5.56 Å². The van der Waals surface area contributed by atoms with Gasteiger partial charge in [-0.1, -0.05) is 43.7 Å². The third kappa shape index (κ3) is 3.99. The number of anilines is 1. The highest BCUT2D eigenvalue weighted by Crippen LogP contribution is 2.40. The van der Waals surface area contributed by atoms with E-state index in [9.17, 15) is 10.5 Å². The second kappa shape index (κ2) is 9.24. The van der Waals surface area contributed by atoms with E-state index in [-0.39, 0.29) is 0 Å². The summed E-state index contributed by atoms with van der Waals surface area (Å²) in [7, 11) is 0. The van der Waals surface area contributed by atoms with Crippen LogP contribution in [0, 0.1) is 29.6 Å². The highest BCUT2D eigenvalue weighted by Gasteiger charge is 2.25. The van der Waals surface area contributed by atoms with Crippen LogP contribution in [0.2, 0.25) is 0 Å². The van der Waals surface area contributed by atoms with Gasteiger partial charge in [0.15, 0.2) is 0 Å². The quantitative estimate of drug-likeness (QED) is 0.595. The third-order valence-electron chi connectivity index (χ3n) is 5.42. The molecular weight excluding hydrogens is 330 g/mol. The van der Waals surface area contributed by atoms with Crippen molar-refractivity contribution in [1.29, 1.82) is 10.5 Å². The van der Waals surface area contributed by atoms with Crippen LogP contribution in [-0.4, -0.2) is 13.1 Å². The Morgan fingerprint density at radius 3 is 1.89 bits per heavy atom. The van der Waals surface area contributed by atoms with Crippen molar-refractivity contribution in [1.82, 2.24) is 0 Å². The normalized spacial score (nSPS) is 10.5. The molecule has 0 amide bonds. The van der Waals surface area contributed by atoms with Gasteiger partial charge in [-0.3, -0.25) is 0 Å². The Hall–Kier alpha value is -2.78. The van der Waals surface area contributed by atoms with Gasteiger partial charge in [0, 0.05) is 18.7 Å². The van der Waals surface area contributed by atoms with Crippen LogP contribution in [0.5, 0.6) is 0 Å². The SMILES string of the molecule is CCC(CC)c1cc(-c2ccc(C)cc2)c(C#N)c(N(CC)CC)c1C#N. The Balaban J connectivity index is 2.93. The fraction of sp³-hybridized carbons (Fsp3) is 0.417. The molecule has 0 spiro atoms. The first-order chi connectivity index (χ1) is 13.1. The maximum absolute atomic E-state index is 10.0. The van der Waals surface area contributed by atoms with Crippen molar-refractivity contribution < 1.29 is 0 Å². The molecule has 3 nitrogen and oxygen atoms in total. The third-order valence-corrected chi connectivity index (χ3v) is 5.42. The molecule has 0 fully saturated rings. The molecule has 0 N–H and O–H groups in total. The summed E-state index contributed by atoms with van der Waals surface area (Å²) >= 11 is 0. The summed E-state index contributed by atoms with van der Waals surface area (Å²) in [6.45, 7) is 12.1. The fourth-order valence-electron chi connectivity index (χ4n) is 3.79. The zero-order chi connectivity index (χ0) is 20.0. The molecule has 0 aliphatic rings. The lowest BCUT2D eigenvalue weighted by Gasteiger charge is -2.28. The number of benzene rings is 2. The molecule has 0 aliphatic heterocycles. The molecule has 0 saturated heterocycles. The van der Waals surface area contributed by atoms with Crippen molar-refractivity contribution >= 4 is 5.69 Å². The lowest BCUT2D eigenvalue weighted by molar-refractivity contribution is 0.640. The van der Waals surface area contributed by atoms with E-state index in [1.807, 2.05) is 0 Å². The Labute approximate surface area is 163 Å². The van der Waals surface area contributed by atoms with Crippen LogP contribution < -0.4 is 4.90 Å². The molecule has 0 radical (unpaired) electrons. The van der Waals surface area contributed by atoms with E-state index in [0.29, 0.717) is 17.0 Å². The van der Waals surface area contributed by atoms with Crippen LogP contribution in [0.1, 0.15) is 68.7 Å². The number of hydrogen-bond acceptors (Lipinski definition) is 3. The minimum absolute atomic E-state index is 0.311. The summed E-state index contributed by atoms with van der Waals surface area (Å²) in [6, 6.07) is 15.2. The average Bonchev–Trinajstić information content (AvgIpc) is 2.70. The molecule has 2 aromatic rings. The summed E-state index contributed by atoms with van der Waals surface area (Å²) in [5.41, 5.74) is 6.29. The molecule has 0 unspecified atom stereocenters. The topological polar surface area (TPSA) is 50.8 Å². The minimum atomic E-state index is 0.311. The molecule has 0 bridgehead atoms. The smallest absolute Gasteiger partial charge is 0.102 e. The summed E-state index contributed by atoms with van der Waals surface area (Å²) in [5.74, 6) is 0.311. The van der Waals surface area contributed by atoms with Crippen LogP contribution in [0.3, 0.4) is 0 Å². The molecule has 0 heterocycles. The van der Waals surface area contributed by atoms with Gasteiger partial charge in [-0.05, 0) is 56.7 Å². The van der Waals surface area contributed by atoms with E-state index < -0.39 is 0 Å². The monoisotopic (exact) mass is 359 g/mol. The van der Waals surface area contributed by atoms with Gasteiger partial charge in [-0.2, -0.15) is 10.5 Å². The molecule has 0 saturated carbocycles. The molecule has 2 aromatic carbocycles. The van der Waals surface area contributed by atoms with Crippen molar-refractivity contribution in [2.75, 3.05) is 18.0 Å². The molecule has 140 valence electrons. The van der Waals surface area contributed by atoms with Gasteiger partial charge >= 0.3 is 0 Å². The van der Waals surface area contributed by atoms with Crippen molar-refractivity contribution in [2.24, 2.45) is 0 Å². The van der Waals surface area contributed by atoms with Crippen molar-refractivity contribution in [3.05, 3.63) is 52.6 Å². The zero-order valence-electron chi connectivity index (χ0n) is 17.1. The highest BCUT2D eigenvalue weighted by atomic mass is 15.1. The maximum Gasteiger partial charge on any atom is 0.102 e. The molecule has 2 rings (SSSR count). The molecule has 27 heavy (non-hydrogen) atoms. The van der Waals surface area contributed by atoms with Gasteiger partial charge in [0.05, 0.1) is 16.8 Å². The Morgan fingerprint density at radius 2 is 1.44 bits per heavy atom. The summed E-state index contributed by atoms with van der Waals surface area (Å²) in [5, 5.41) is 20.0. The van der Waals surface area contributed by atoms with E-state index in [1.54, 1.807) is 0 Å². The molecule has 0 atom stereocenters. The van der Waals surface area contributed by atoms with Gasteiger partial charge < -0.3 is 4.90 Å². The summed E-state index contributed by atoms with van der Waals surface area (Å²) < 4.78 is 0. The first-order valence-electron chi connectivity index (χ1n) is 9.89. The Bertz CT molecular complexity index is 858. The lowest BCUT2D eigenvalue weighted by atomic mass is 9.84. The van der Waals surface area contributed by atoms with Crippen LogP contribution in [0.15, 0.2) is 30.3 Å². The first-order valence-corrected chi connectivity index (χ1v) is 9.89. The largest absolute Gasteiger partial charge is 0.370 e. The zero-order valence-corrected chi connectivity index (χ0v) is 17.1. The molecule has 3 heteroatoms. The van der Waals surface area contributed by atoms with E-state index >= 15 is 0 Å². The van der Waals surface area contributed by atoms with Gasteiger partial charge in [0.1, 0.15) is 12.1 Å². The fourth-order valence-corrected chi connectivity index (χ4v) is 3.79. The summed E-state index contributed by atoms with van der Waals surface area (Å²) in [6.07, 6.45) is 1.95. The van der Waals surface area contributed by atoms with Gasteiger partial charge in [0.25, 0.3) is 0 Å². The van der Waals surface area contributed by atoms with E-state index in [2.05, 4.69) is 82.0 Å². The number of nitrogens with zero attached hydrogens (tertiary/aromatic N) is 3. The summed E-state index contributed by atoms with van der Waals surface area (Å²) in [4.78, 5) is 2.14. The highest BCUT2D eigenvalue weighted by molar-refractivity contribution is 5.84. The number of nitriles is 2. The van der Waals surface area contributed by atoms with Crippen LogP contribution >= 0.6 is 0 Å². The van der Waals surface area contributed by atoms with Crippen LogP contribution in [-0.2, 0) is 0 Å². The van der Waals surface area contributed by atoms with Crippen molar-refractivity contribution in [2.45, 2.75) is 53.4 Å². The molecular formula is C24H29N3. The van der Waals surface area contributed by atoms with Gasteiger partial charge in [0.2, 0.25) is 0 Å². The predicted octanol–water partition coefficient (Wildman–Crippen LogP) is 6.16. The number of hydrogen-bond donors (Lipinski definition) is 0. The predicted molar refractivity (Wildman–Crippen MR) is 113 cm³/mol. The minimum Gasteiger partial charge on any atom is -0.370 e. The molecule has 0 aliphatic carbocycles. The molecule has 0 aromatic heterocycles. The number of rotatable bonds is 7. The van der Waals surface area contributed by atoms with Gasteiger partial charge in [-0.25, -0.2) is 0 Å². The Kier molecular flexibility index (Phi) is 7.03. The first kappa shape index (κ1) is 20.5. The van der Waals surface area contributed by atoms with Crippen molar-refractivity contribution in [3.63, 3.8) is 0 Å². The van der Waals surface area contributed by atoms with Crippen LogP contribution in [0.4, 0.5) is 5.69 Å². The number of aryl methyl sites for hydroxylation is 1. The van der Waals surface area contributed by atoms with Crippen LogP contribution in [0.25, 0.3) is 11.1 Å². The lowest BCUT2D eigenvalue weighted by Crippen LogP contribution is -2.25. The average molecular weight is 360 g/mol. The van der Waals surface area contributed by atoms with Gasteiger partial charge in [-0.15, -0.1) is 0 Å². The van der Waals surface area contributed by atoms with Crippen molar-refractivity contribution in [3.8, 4) is 23.3 Å². The standard InChI is InChI=1S/C24H29N3/c1-6-18(7-2)20-14-21(19-12-10-17(5)11-13-19)23(16-26)24(22(20)15-25)27(8-3)9-4/h10-14,18H,6-9H2,1-5H3. The second-order valence-electron chi connectivity index (χ2n) is 6.89. The van der Waals surface area contributed by atoms with E-state index in [4.69, 9.17) is 0 Å². The second-order valence-corrected chi connectivity index (χ2v) is 6.89. The maximum atomic E-state index is 10.0. The van der Waals surface area contributed by atoms with E-state index in [0.717, 1.165) is 48.3 Å². The Morgan fingerprint density at radius 1 is 0.889 bits per heavy atom.